The molecule has 5 nitrogen and oxygen atoms in total. The molecule has 1 N–H and O–H groups in total. The molecule has 1 aliphatic heterocycles. The number of nitrogens with zero attached hydrogens (tertiary/aromatic N) is 3. The molecule has 0 atom stereocenters. The zero-order valence-corrected chi connectivity index (χ0v) is 8.38. The number of piperazine rings is 1. The molecule has 0 aromatic carbocycles. The van der Waals surface area contributed by atoms with Crippen molar-refractivity contribution in [3.8, 4) is 6.07 Å². The van der Waals surface area contributed by atoms with E-state index in [0.29, 0.717) is 11.6 Å². The lowest BCUT2D eigenvalue weighted by Gasteiger charge is -2.26. The Kier molecular flexibility index (Phi) is 3.74. The largest absolute Gasteiger partial charge is 0.426 e. The Balaban J connectivity index is 0.000000980. The molecule has 0 aliphatic carbocycles. The highest BCUT2D eigenvalue weighted by atomic mass is 35.5. The highest BCUT2D eigenvalue weighted by molar-refractivity contribution is 5.85. The van der Waals surface area contributed by atoms with Gasteiger partial charge in [-0.1, -0.05) is 0 Å². The van der Waals surface area contributed by atoms with Crippen molar-refractivity contribution in [3.05, 3.63) is 12.1 Å². The first-order valence-corrected chi connectivity index (χ1v) is 4.21. The summed E-state index contributed by atoms with van der Waals surface area (Å²) >= 11 is 0. The molecule has 0 unspecified atom stereocenters. The van der Waals surface area contributed by atoms with Crippen LogP contribution in [0.4, 0.5) is 5.88 Å². The minimum atomic E-state index is 0. The number of hydrogen-bond donors (Lipinski definition) is 1. The summed E-state index contributed by atoms with van der Waals surface area (Å²) in [7, 11) is 0. The summed E-state index contributed by atoms with van der Waals surface area (Å²) in [5, 5.41) is 12.0. The summed E-state index contributed by atoms with van der Waals surface area (Å²) in [6, 6.07) is 2.01. The number of rotatable bonds is 1. The smallest absolute Gasteiger partial charge is 0.234 e. The molecule has 2 rings (SSSR count). The van der Waals surface area contributed by atoms with Crippen LogP contribution in [0.3, 0.4) is 0 Å². The number of aromatic nitrogens is 1. The van der Waals surface area contributed by atoms with Crippen LogP contribution in [0.25, 0.3) is 0 Å². The molecular weight excluding hydrogens is 204 g/mol. The van der Waals surface area contributed by atoms with E-state index in [-0.39, 0.29) is 12.4 Å². The summed E-state index contributed by atoms with van der Waals surface area (Å²) in [6.07, 6.45) is 1.32. The van der Waals surface area contributed by atoms with Gasteiger partial charge in [0, 0.05) is 26.2 Å². The number of nitrogens with one attached hydrogen (secondary N) is 1. The molecule has 1 aromatic rings. The van der Waals surface area contributed by atoms with Gasteiger partial charge in [0.15, 0.2) is 6.39 Å². The summed E-state index contributed by atoms with van der Waals surface area (Å²) in [5.41, 5.74) is 0.377. The summed E-state index contributed by atoms with van der Waals surface area (Å²) < 4.78 is 5.16. The third-order valence-corrected chi connectivity index (χ3v) is 2.06. The van der Waals surface area contributed by atoms with Crippen molar-refractivity contribution in [2.75, 3.05) is 31.1 Å². The van der Waals surface area contributed by atoms with Crippen LogP contribution in [0.15, 0.2) is 10.8 Å². The molecule has 1 saturated heterocycles. The van der Waals surface area contributed by atoms with Crippen LogP contribution >= 0.6 is 12.4 Å². The molecule has 0 saturated carbocycles. The van der Waals surface area contributed by atoms with Gasteiger partial charge in [-0.05, 0) is 0 Å². The average molecular weight is 215 g/mol. The summed E-state index contributed by atoms with van der Waals surface area (Å²) in [5.74, 6) is 0.601. The van der Waals surface area contributed by atoms with Crippen LogP contribution in [0.2, 0.25) is 0 Å². The second kappa shape index (κ2) is 4.84. The third-order valence-electron chi connectivity index (χ3n) is 2.06. The molecule has 0 radical (unpaired) electrons. The molecule has 1 fully saturated rings. The number of hydrogen-bond acceptors (Lipinski definition) is 5. The Morgan fingerprint density at radius 2 is 2.21 bits per heavy atom. The van der Waals surface area contributed by atoms with Crippen molar-refractivity contribution in [2.24, 2.45) is 0 Å². The van der Waals surface area contributed by atoms with E-state index in [4.69, 9.17) is 9.68 Å². The SMILES string of the molecule is Cl.N#Cc1ncoc1N1CCNCC1. The second-order valence-corrected chi connectivity index (χ2v) is 2.85. The van der Waals surface area contributed by atoms with Crippen molar-refractivity contribution < 1.29 is 4.42 Å². The Bertz CT molecular complexity index is 326. The van der Waals surface area contributed by atoms with Gasteiger partial charge in [0.1, 0.15) is 6.07 Å². The van der Waals surface area contributed by atoms with Crippen LogP contribution in [-0.2, 0) is 0 Å². The third kappa shape index (κ3) is 1.97. The van der Waals surface area contributed by atoms with E-state index in [0.717, 1.165) is 26.2 Å². The lowest BCUT2D eigenvalue weighted by Crippen LogP contribution is -2.43. The van der Waals surface area contributed by atoms with Crippen molar-refractivity contribution >= 4 is 18.3 Å². The van der Waals surface area contributed by atoms with Gasteiger partial charge in [-0.2, -0.15) is 5.26 Å². The molecule has 0 amide bonds. The first-order valence-electron chi connectivity index (χ1n) is 4.21. The van der Waals surface area contributed by atoms with Gasteiger partial charge in [0.05, 0.1) is 0 Å². The van der Waals surface area contributed by atoms with Gasteiger partial charge in [-0.15, -0.1) is 12.4 Å². The van der Waals surface area contributed by atoms with Gasteiger partial charge < -0.3 is 14.6 Å². The first kappa shape index (κ1) is 10.8. The number of nitriles is 1. The lowest BCUT2D eigenvalue weighted by molar-refractivity contribution is 0.503. The lowest BCUT2D eigenvalue weighted by atomic mass is 10.3. The molecule has 2 heterocycles. The van der Waals surface area contributed by atoms with Crippen molar-refractivity contribution in [2.45, 2.75) is 0 Å². The molecule has 76 valence electrons. The van der Waals surface area contributed by atoms with E-state index in [9.17, 15) is 0 Å². The Labute approximate surface area is 88.1 Å². The maximum Gasteiger partial charge on any atom is 0.234 e. The van der Waals surface area contributed by atoms with Gasteiger partial charge in [-0.25, -0.2) is 4.98 Å². The molecule has 0 bridgehead atoms. The van der Waals surface area contributed by atoms with Gasteiger partial charge in [-0.3, -0.25) is 0 Å². The molecule has 6 heteroatoms. The van der Waals surface area contributed by atoms with Crippen molar-refractivity contribution in [1.29, 1.82) is 5.26 Å². The Morgan fingerprint density at radius 3 is 2.86 bits per heavy atom. The normalized spacial score (nSPS) is 15.8. The first-order chi connectivity index (χ1) is 6.42. The summed E-state index contributed by atoms with van der Waals surface area (Å²) in [6.45, 7) is 3.57. The topological polar surface area (TPSA) is 65.1 Å². The van der Waals surface area contributed by atoms with E-state index in [1.807, 2.05) is 11.0 Å². The van der Waals surface area contributed by atoms with Crippen LogP contribution in [-0.4, -0.2) is 31.2 Å². The molecule has 1 aromatic heterocycles. The number of anilines is 1. The quantitative estimate of drug-likeness (QED) is 0.732. The second-order valence-electron chi connectivity index (χ2n) is 2.85. The fourth-order valence-electron chi connectivity index (χ4n) is 1.41. The zero-order chi connectivity index (χ0) is 9.10. The van der Waals surface area contributed by atoms with Crippen molar-refractivity contribution in [3.63, 3.8) is 0 Å². The zero-order valence-electron chi connectivity index (χ0n) is 7.56. The Morgan fingerprint density at radius 1 is 1.50 bits per heavy atom. The number of oxazole rings is 1. The highest BCUT2D eigenvalue weighted by Crippen LogP contribution is 2.18. The molecule has 14 heavy (non-hydrogen) atoms. The molecule has 1 aliphatic rings. The van der Waals surface area contributed by atoms with Crippen LogP contribution in [0.1, 0.15) is 5.69 Å². The Hall–Kier alpha value is -1.25. The fourth-order valence-corrected chi connectivity index (χ4v) is 1.41. The van der Waals surface area contributed by atoms with Crippen molar-refractivity contribution in [1.82, 2.24) is 10.3 Å². The van der Waals surface area contributed by atoms with E-state index in [1.54, 1.807) is 0 Å². The van der Waals surface area contributed by atoms with Crippen LogP contribution in [0, 0.1) is 11.3 Å². The predicted octanol–water partition coefficient (Wildman–Crippen LogP) is 0.378. The summed E-state index contributed by atoms with van der Waals surface area (Å²) in [4.78, 5) is 5.85. The average Bonchev–Trinajstić information content (AvgIpc) is 2.67. The fraction of sp³-hybridized carbons (Fsp3) is 0.500. The van der Waals surface area contributed by atoms with E-state index in [2.05, 4.69) is 10.3 Å². The minimum Gasteiger partial charge on any atom is -0.426 e. The van der Waals surface area contributed by atoms with E-state index < -0.39 is 0 Å². The minimum absolute atomic E-state index is 0. The molecular formula is C8H11ClN4O. The van der Waals surface area contributed by atoms with Gasteiger partial charge in [0.25, 0.3) is 0 Å². The van der Waals surface area contributed by atoms with E-state index in [1.165, 1.54) is 6.39 Å². The standard InChI is InChI=1S/C8H10N4O.ClH/c9-5-7-8(13-6-11-7)12-3-1-10-2-4-12;/h6,10H,1-4H2;1H. The molecule has 0 spiro atoms. The maximum absolute atomic E-state index is 8.72. The van der Waals surface area contributed by atoms with Crippen LogP contribution < -0.4 is 10.2 Å². The van der Waals surface area contributed by atoms with E-state index >= 15 is 0 Å². The van der Waals surface area contributed by atoms with Gasteiger partial charge >= 0.3 is 0 Å². The monoisotopic (exact) mass is 214 g/mol. The van der Waals surface area contributed by atoms with Crippen LogP contribution in [0.5, 0.6) is 0 Å². The predicted molar refractivity (Wildman–Crippen MR) is 53.5 cm³/mol. The maximum atomic E-state index is 8.72. The van der Waals surface area contributed by atoms with Gasteiger partial charge in [0.2, 0.25) is 11.6 Å². The highest BCUT2D eigenvalue weighted by Gasteiger charge is 2.17. The number of halogens is 1.